The smallest absolute Gasteiger partial charge is 0.253 e. The first-order valence-electron chi connectivity index (χ1n) is 9.36. The first kappa shape index (κ1) is 19.4. The van der Waals surface area contributed by atoms with E-state index in [2.05, 4.69) is 21.7 Å². The molecule has 6 heteroatoms. The van der Waals surface area contributed by atoms with Crippen LogP contribution in [0.2, 0.25) is 0 Å². The first-order chi connectivity index (χ1) is 13.5. The van der Waals surface area contributed by atoms with Crippen LogP contribution in [0, 0.1) is 6.92 Å². The van der Waals surface area contributed by atoms with Gasteiger partial charge in [-0.25, -0.2) is 9.97 Å². The van der Waals surface area contributed by atoms with Gasteiger partial charge in [-0.3, -0.25) is 4.79 Å². The molecule has 6 nitrogen and oxygen atoms in total. The van der Waals surface area contributed by atoms with Crippen molar-refractivity contribution in [1.82, 2.24) is 19.1 Å². The van der Waals surface area contributed by atoms with Crippen molar-refractivity contribution in [2.24, 2.45) is 7.05 Å². The lowest BCUT2D eigenvalue weighted by atomic mass is 10.2. The van der Waals surface area contributed by atoms with Gasteiger partial charge in [0.25, 0.3) is 5.56 Å². The summed E-state index contributed by atoms with van der Waals surface area (Å²) in [4.78, 5) is 21.0. The molecule has 3 heterocycles. The van der Waals surface area contributed by atoms with Crippen LogP contribution in [0.4, 0.5) is 5.82 Å². The fraction of sp³-hybridized carbons (Fsp3) is 0.227. The van der Waals surface area contributed by atoms with E-state index in [-0.39, 0.29) is 5.56 Å². The second kappa shape index (κ2) is 8.08. The molecule has 0 aliphatic rings. The number of nitrogens with zero attached hydrogens (tertiary/aromatic N) is 4. The molecule has 144 valence electrons. The number of pyridine rings is 2. The van der Waals surface area contributed by atoms with E-state index in [9.17, 15) is 4.79 Å². The third kappa shape index (κ3) is 3.67. The maximum Gasteiger partial charge on any atom is 0.253 e. The van der Waals surface area contributed by atoms with E-state index in [0.717, 1.165) is 28.0 Å². The minimum Gasteiger partial charge on any atom is -0.384 e. The Labute approximate surface area is 164 Å². The quantitative estimate of drug-likeness (QED) is 0.591. The predicted molar refractivity (Wildman–Crippen MR) is 114 cm³/mol. The molecule has 28 heavy (non-hydrogen) atoms. The number of anilines is 1. The Balaban J connectivity index is 0.00000109. The van der Waals surface area contributed by atoms with Crippen LogP contribution in [0.15, 0.2) is 59.7 Å². The summed E-state index contributed by atoms with van der Waals surface area (Å²) in [7, 11) is 1.75. The van der Waals surface area contributed by atoms with E-state index >= 15 is 0 Å². The highest BCUT2D eigenvalue weighted by Gasteiger charge is 2.15. The number of benzene rings is 1. The summed E-state index contributed by atoms with van der Waals surface area (Å²) in [6.45, 7) is 6.47. The number of nitrogen functional groups attached to an aromatic ring is 1. The van der Waals surface area contributed by atoms with Crippen molar-refractivity contribution in [2.75, 3.05) is 5.73 Å². The van der Waals surface area contributed by atoms with Gasteiger partial charge in [-0.1, -0.05) is 44.2 Å². The van der Waals surface area contributed by atoms with Gasteiger partial charge in [0.05, 0.1) is 11.7 Å². The molecule has 0 atom stereocenters. The molecule has 0 spiro atoms. The lowest BCUT2D eigenvalue weighted by Gasteiger charge is -2.11. The van der Waals surface area contributed by atoms with Gasteiger partial charge in [0.1, 0.15) is 17.2 Å². The van der Waals surface area contributed by atoms with Crippen LogP contribution in [-0.2, 0) is 13.6 Å². The number of aromatic nitrogens is 4. The molecule has 0 radical (unpaired) electrons. The Morgan fingerprint density at radius 1 is 1.11 bits per heavy atom. The largest absolute Gasteiger partial charge is 0.384 e. The summed E-state index contributed by atoms with van der Waals surface area (Å²) in [6.07, 6.45) is 3.50. The lowest BCUT2D eigenvalue weighted by Crippen LogP contribution is -2.18. The molecule has 0 fully saturated rings. The second-order valence-corrected chi connectivity index (χ2v) is 6.43. The minimum atomic E-state index is -0.00891. The van der Waals surface area contributed by atoms with Gasteiger partial charge in [0, 0.05) is 37.0 Å². The van der Waals surface area contributed by atoms with Crippen molar-refractivity contribution in [3.8, 4) is 11.4 Å². The van der Waals surface area contributed by atoms with Gasteiger partial charge < -0.3 is 14.9 Å². The summed E-state index contributed by atoms with van der Waals surface area (Å²) < 4.78 is 3.70. The Hall–Kier alpha value is -3.41. The molecular formula is C22H25N5O. The van der Waals surface area contributed by atoms with Gasteiger partial charge in [-0.15, -0.1) is 0 Å². The van der Waals surface area contributed by atoms with Gasteiger partial charge in [0.2, 0.25) is 0 Å². The maximum absolute atomic E-state index is 12.1. The highest BCUT2D eigenvalue weighted by molar-refractivity contribution is 5.82. The van der Waals surface area contributed by atoms with Crippen molar-refractivity contribution in [3.05, 3.63) is 76.3 Å². The zero-order chi connectivity index (χ0) is 20.3. The minimum absolute atomic E-state index is 0.00891. The molecule has 0 aliphatic heterocycles. The van der Waals surface area contributed by atoms with Gasteiger partial charge in [-0.05, 0) is 18.6 Å². The fourth-order valence-electron chi connectivity index (χ4n) is 3.19. The molecule has 0 bridgehead atoms. The molecule has 3 aromatic heterocycles. The summed E-state index contributed by atoms with van der Waals surface area (Å²) >= 11 is 0. The van der Waals surface area contributed by atoms with E-state index in [1.165, 1.54) is 0 Å². The third-order valence-electron chi connectivity index (χ3n) is 4.46. The highest BCUT2D eigenvalue weighted by Crippen LogP contribution is 2.26. The fourth-order valence-corrected chi connectivity index (χ4v) is 3.19. The van der Waals surface area contributed by atoms with E-state index in [1.807, 2.05) is 57.3 Å². The molecule has 1 aromatic carbocycles. The zero-order valence-electron chi connectivity index (χ0n) is 16.7. The SMILES string of the molecule is CC.Cc1cc(-c2nc3cnc(N)cc3n2Cc2ccccc2)cn(C)c1=O. The number of fused-ring (bicyclic) bond motifs is 1. The van der Waals surface area contributed by atoms with Crippen LogP contribution in [0.1, 0.15) is 25.0 Å². The van der Waals surface area contributed by atoms with Crippen molar-refractivity contribution < 1.29 is 0 Å². The number of hydrogen-bond acceptors (Lipinski definition) is 4. The molecule has 2 N–H and O–H groups in total. The van der Waals surface area contributed by atoms with Gasteiger partial charge in [-0.2, -0.15) is 0 Å². The third-order valence-corrected chi connectivity index (χ3v) is 4.46. The Bertz CT molecular complexity index is 1130. The molecule has 0 saturated heterocycles. The normalized spacial score (nSPS) is 10.6. The number of nitrogens with two attached hydrogens (primary N) is 1. The van der Waals surface area contributed by atoms with E-state index in [1.54, 1.807) is 17.8 Å². The van der Waals surface area contributed by atoms with Crippen LogP contribution in [0.5, 0.6) is 0 Å². The topological polar surface area (TPSA) is 78.7 Å². The molecule has 0 unspecified atom stereocenters. The standard InChI is InChI=1S/C20H19N5O.C2H6/c1-13-8-15(12-24(2)20(13)26)19-23-16-10-22-18(21)9-17(16)25(19)11-14-6-4-3-5-7-14;1-2/h3-10,12H,11H2,1-2H3,(H2,21,22);1-2H3. The summed E-state index contributed by atoms with van der Waals surface area (Å²) in [5.74, 6) is 1.24. The summed E-state index contributed by atoms with van der Waals surface area (Å²) in [6, 6.07) is 13.9. The summed E-state index contributed by atoms with van der Waals surface area (Å²) in [5.41, 5.74) is 10.3. The first-order valence-corrected chi connectivity index (χ1v) is 9.36. The molecule has 0 aliphatic carbocycles. The van der Waals surface area contributed by atoms with Crippen LogP contribution in [0.3, 0.4) is 0 Å². The zero-order valence-corrected chi connectivity index (χ0v) is 16.7. The molecule has 0 saturated carbocycles. The monoisotopic (exact) mass is 375 g/mol. The molecule has 4 rings (SSSR count). The Morgan fingerprint density at radius 3 is 2.50 bits per heavy atom. The average Bonchev–Trinajstić information content (AvgIpc) is 3.06. The highest BCUT2D eigenvalue weighted by atomic mass is 16.1. The lowest BCUT2D eigenvalue weighted by molar-refractivity contribution is 0.819. The number of aryl methyl sites for hydroxylation is 2. The number of rotatable bonds is 3. The van der Waals surface area contributed by atoms with E-state index in [0.29, 0.717) is 17.9 Å². The maximum atomic E-state index is 12.1. The van der Waals surface area contributed by atoms with Crippen LogP contribution in [-0.4, -0.2) is 19.1 Å². The Kier molecular flexibility index (Phi) is 5.59. The van der Waals surface area contributed by atoms with Crippen LogP contribution < -0.4 is 11.3 Å². The van der Waals surface area contributed by atoms with E-state index < -0.39 is 0 Å². The van der Waals surface area contributed by atoms with Gasteiger partial charge >= 0.3 is 0 Å². The van der Waals surface area contributed by atoms with Crippen molar-refractivity contribution in [2.45, 2.75) is 27.3 Å². The molecule has 4 aromatic rings. The predicted octanol–water partition coefficient (Wildman–Crippen LogP) is 3.76. The average molecular weight is 375 g/mol. The van der Waals surface area contributed by atoms with E-state index in [4.69, 9.17) is 10.7 Å². The number of hydrogen-bond donors (Lipinski definition) is 1. The molecular weight excluding hydrogens is 350 g/mol. The van der Waals surface area contributed by atoms with Crippen LogP contribution in [0.25, 0.3) is 22.4 Å². The van der Waals surface area contributed by atoms with Crippen molar-refractivity contribution >= 4 is 16.9 Å². The summed E-state index contributed by atoms with van der Waals surface area (Å²) in [5, 5.41) is 0. The Morgan fingerprint density at radius 2 is 1.82 bits per heavy atom. The second-order valence-electron chi connectivity index (χ2n) is 6.43. The van der Waals surface area contributed by atoms with Crippen molar-refractivity contribution in [1.29, 1.82) is 0 Å². The number of imidazole rings is 1. The van der Waals surface area contributed by atoms with Crippen LogP contribution >= 0.6 is 0 Å². The van der Waals surface area contributed by atoms with Crippen molar-refractivity contribution in [3.63, 3.8) is 0 Å². The molecule has 0 amide bonds. The van der Waals surface area contributed by atoms with Gasteiger partial charge in [0.15, 0.2) is 0 Å².